The van der Waals surface area contributed by atoms with E-state index >= 15 is 0 Å². The van der Waals surface area contributed by atoms with Gasteiger partial charge in [0, 0.05) is 7.11 Å². The van der Waals surface area contributed by atoms with Crippen LogP contribution in [-0.4, -0.2) is 50.0 Å². The van der Waals surface area contributed by atoms with Crippen molar-refractivity contribution in [2.75, 3.05) is 32.2 Å². The van der Waals surface area contributed by atoms with Gasteiger partial charge >= 0.3 is 11.9 Å². The van der Waals surface area contributed by atoms with Gasteiger partial charge in [-0.1, -0.05) is 30.7 Å². The lowest BCUT2D eigenvalue weighted by molar-refractivity contribution is -0.145. The molecule has 7 nitrogen and oxygen atoms in total. The van der Waals surface area contributed by atoms with Gasteiger partial charge in [0.25, 0.3) is 0 Å². The first kappa shape index (κ1) is 22.2. The summed E-state index contributed by atoms with van der Waals surface area (Å²) >= 11 is 6.15. The van der Waals surface area contributed by atoms with Crippen molar-refractivity contribution >= 4 is 29.2 Å². The van der Waals surface area contributed by atoms with Crippen LogP contribution in [0.5, 0.6) is 0 Å². The topological polar surface area (TPSA) is 111 Å². The van der Waals surface area contributed by atoms with E-state index in [0.29, 0.717) is 11.6 Å². The summed E-state index contributed by atoms with van der Waals surface area (Å²) in [4.78, 5) is 21.0. The molecule has 24 heavy (non-hydrogen) atoms. The number of esters is 1. The molecule has 0 aromatic heterocycles. The maximum absolute atomic E-state index is 11.7. The third-order valence-corrected chi connectivity index (χ3v) is 3.22. The fourth-order valence-electron chi connectivity index (χ4n) is 1.65. The lowest BCUT2D eigenvalue weighted by Gasteiger charge is -2.18. The first-order chi connectivity index (χ1) is 11.4. The molecule has 0 fully saturated rings. The van der Waals surface area contributed by atoms with Crippen molar-refractivity contribution in [2.24, 2.45) is 5.73 Å². The van der Waals surface area contributed by atoms with E-state index in [1.807, 2.05) is 19.1 Å². The number of carbonyl (C=O) groups excluding carboxylic acids is 1. The SMILES string of the molecule is CCc1cccc(Cl)c1N[C@@H](C)C(=O)OCCOC.NCC(=O)O. The highest BCUT2D eigenvalue weighted by Crippen LogP contribution is 2.27. The standard InChI is InChI=1S/C14H20ClNO3.C2H5NO2/c1-4-11-6-5-7-12(15)13(11)16-10(2)14(17)19-9-8-18-3;3-1-2(4)5/h5-7,10,16H,4,8-9H2,1-3H3;1,3H2,(H,4,5)/t10-;/m0./s1. The highest BCUT2D eigenvalue weighted by molar-refractivity contribution is 6.33. The van der Waals surface area contributed by atoms with Crippen molar-refractivity contribution in [3.05, 3.63) is 28.8 Å². The molecule has 1 rings (SSSR count). The second-order valence-electron chi connectivity index (χ2n) is 4.75. The number of hydrogen-bond acceptors (Lipinski definition) is 6. The van der Waals surface area contributed by atoms with E-state index in [-0.39, 0.29) is 19.1 Å². The smallest absolute Gasteiger partial charge is 0.328 e. The molecule has 4 N–H and O–H groups in total. The number of hydrogen-bond donors (Lipinski definition) is 3. The molecule has 0 amide bonds. The Labute approximate surface area is 147 Å². The molecular weight excluding hydrogens is 336 g/mol. The number of carbonyl (C=O) groups is 2. The van der Waals surface area contributed by atoms with E-state index < -0.39 is 12.0 Å². The molecular formula is C16H25ClN2O5. The summed E-state index contributed by atoms with van der Waals surface area (Å²) in [7, 11) is 1.56. The number of rotatable bonds is 8. The van der Waals surface area contributed by atoms with Gasteiger partial charge in [0.15, 0.2) is 0 Å². The number of nitrogens with one attached hydrogen (secondary N) is 1. The molecule has 8 heteroatoms. The molecule has 0 saturated carbocycles. The second kappa shape index (κ2) is 12.6. The molecule has 0 aliphatic rings. The molecule has 0 unspecified atom stereocenters. The number of benzene rings is 1. The summed E-state index contributed by atoms with van der Waals surface area (Å²) in [6.45, 7) is 4.16. The number of aryl methyl sites for hydroxylation is 1. The summed E-state index contributed by atoms with van der Waals surface area (Å²) in [5.41, 5.74) is 6.44. The van der Waals surface area contributed by atoms with Gasteiger partial charge in [-0.25, -0.2) is 4.79 Å². The summed E-state index contributed by atoms with van der Waals surface area (Å²) in [6.07, 6.45) is 0.842. The zero-order chi connectivity index (χ0) is 18.5. The Hall–Kier alpha value is -1.83. The molecule has 0 aliphatic heterocycles. The summed E-state index contributed by atoms with van der Waals surface area (Å²) in [6, 6.07) is 5.22. The zero-order valence-corrected chi connectivity index (χ0v) is 14.9. The van der Waals surface area contributed by atoms with Crippen LogP contribution in [0, 0.1) is 0 Å². The van der Waals surface area contributed by atoms with Gasteiger partial charge in [-0.2, -0.15) is 0 Å². The number of carboxylic acids is 1. The predicted octanol–water partition coefficient (Wildman–Crippen LogP) is 1.92. The normalized spacial score (nSPS) is 11.0. The number of ether oxygens (including phenoxy) is 2. The van der Waals surface area contributed by atoms with Crippen LogP contribution in [0.1, 0.15) is 19.4 Å². The van der Waals surface area contributed by atoms with Crippen LogP contribution in [0.25, 0.3) is 0 Å². The second-order valence-corrected chi connectivity index (χ2v) is 5.16. The Balaban J connectivity index is 0.000000922. The summed E-state index contributed by atoms with van der Waals surface area (Å²) < 4.78 is 9.89. The van der Waals surface area contributed by atoms with Crippen molar-refractivity contribution in [1.29, 1.82) is 0 Å². The third kappa shape index (κ3) is 8.71. The monoisotopic (exact) mass is 360 g/mol. The van der Waals surface area contributed by atoms with Gasteiger partial charge in [0.2, 0.25) is 0 Å². The minimum absolute atomic E-state index is 0.254. The van der Waals surface area contributed by atoms with Crippen molar-refractivity contribution in [1.82, 2.24) is 0 Å². The molecule has 1 atom stereocenters. The van der Waals surface area contributed by atoms with Crippen molar-refractivity contribution in [2.45, 2.75) is 26.3 Å². The van der Waals surface area contributed by atoms with Gasteiger partial charge in [-0.15, -0.1) is 0 Å². The first-order valence-electron chi connectivity index (χ1n) is 7.48. The average molecular weight is 361 g/mol. The van der Waals surface area contributed by atoms with Crippen molar-refractivity contribution < 1.29 is 24.2 Å². The molecule has 0 radical (unpaired) electrons. The van der Waals surface area contributed by atoms with Crippen LogP contribution in [0.3, 0.4) is 0 Å². The Morgan fingerprint density at radius 3 is 2.50 bits per heavy atom. The van der Waals surface area contributed by atoms with E-state index in [1.165, 1.54) is 0 Å². The number of para-hydroxylation sites is 1. The minimum atomic E-state index is -0.968. The zero-order valence-electron chi connectivity index (χ0n) is 14.2. The van der Waals surface area contributed by atoms with Crippen LogP contribution in [0.4, 0.5) is 5.69 Å². The number of halogens is 1. The lowest BCUT2D eigenvalue weighted by atomic mass is 10.1. The van der Waals surface area contributed by atoms with Gasteiger partial charge in [0.1, 0.15) is 12.6 Å². The molecule has 1 aromatic carbocycles. The van der Waals surface area contributed by atoms with Crippen LogP contribution in [0.2, 0.25) is 5.02 Å². The molecule has 0 saturated heterocycles. The van der Waals surface area contributed by atoms with Gasteiger partial charge < -0.3 is 25.6 Å². The van der Waals surface area contributed by atoms with Crippen molar-refractivity contribution in [3.8, 4) is 0 Å². The average Bonchev–Trinajstić information content (AvgIpc) is 2.57. The number of anilines is 1. The number of aliphatic carboxylic acids is 1. The maximum Gasteiger partial charge on any atom is 0.328 e. The Morgan fingerprint density at radius 1 is 1.38 bits per heavy atom. The van der Waals surface area contributed by atoms with E-state index in [1.54, 1.807) is 20.1 Å². The number of methoxy groups -OCH3 is 1. The van der Waals surface area contributed by atoms with Gasteiger partial charge in [-0.05, 0) is 25.0 Å². The predicted molar refractivity (Wildman–Crippen MR) is 93.4 cm³/mol. The van der Waals surface area contributed by atoms with Crippen LogP contribution in [0.15, 0.2) is 18.2 Å². The quantitative estimate of drug-likeness (QED) is 0.479. The Kier molecular flexibility index (Phi) is 11.6. The van der Waals surface area contributed by atoms with Gasteiger partial charge in [0.05, 0.1) is 23.9 Å². The highest BCUT2D eigenvalue weighted by atomic mass is 35.5. The molecule has 136 valence electrons. The molecule has 0 aliphatic carbocycles. The van der Waals surface area contributed by atoms with E-state index in [9.17, 15) is 9.59 Å². The largest absolute Gasteiger partial charge is 0.480 e. The minimum Gasteiger partial charge on any atom is -0.480 e. The fraction of sp³-hybridized carbons (Fsp3) is 0.500. The van der Waals surface area contributed by atoms with Gasteiger partial charge in [-0.3, -0.25) is 4.79 Å². The molecule has 0 bridgehead atoms. The molecule has 0 spiro atoms. The first-order valence-corrected chi connectivity index (χ1v) is 7.86. The molecule has 1 aromatic rings. The van der Waals surface area contributed by atoms with Crippen LogP contribution >= 0.6 is 11.6 Å². The fourth-order valence-corrected chi connectivity index (χ4v) is 1.90. The Morgan fingerprint density at radius 2 is 2.00 bits per heavy atom. The van der Waals surface area contributed by atoms with E-state index in [0.717, 1.165) is 17.7 Å². The van der Waals surface area contributed by atoms with E-state index in [2.05, 4.69) is 11.1 Å². The third-order valence-electron chi connectivity index (χ3n) is 2.90. The van der Waals surface area contributed by atoms with Crippen LogP contribution < -0.4 is 11.1 Å². The number of carboxylic acid groups (broad SMARTS) is 1. The van der Waals surface area contributed by atoms with Crippen molar-refractivity contribution in [3.63, 3.8) is 0 Å². The lowest BCUT2D eigenvalue weighted by Crippen LogP contribution is -2.29. The number of nitrogens with two attached hydrogens (primary N) is 1. The van der Waals surface area contributed by atoms with E-state index in [4.69, 9.17) is 26.2 Å². The summed E-state index contributed by atoms with van der Waals surface area (Å²) in [5.74, 6) is -1.29. The highest BCUT2D eigenvalue weighted by Gasteiger charge is 2.16. The molecule has 0 heterocycles. The van der Waals surface area contributed by atoms with Crippen LogP contribution in [-0.2, 0) is 25.5 Å². The maximum atomic E-state index is 11.7. The summed E-state index contributed by atoms with van der Waals surface area (Å²) in [5, 5.41) is 11.3. The Bertz CT molecular complexity index is 525.